The molecule has 0 atom stereocenters. The van der Waals surface area contributed by atoms with Gasteiger partial charge in [0.15, 0.2) is 5.82 Å². The Morgan fingerprint density at radius 1 is 1.31 bits per heavy atom. The highest BCUT2D eigenvalue weighted by molar-refractivity contribution is 5.87. The summed E-state index contributed by atoms with van der Waals surface area (Å²) in [5, 5.41) is 22.2. The van der Waals surface area contributed by atoms with Crippen molar-refractivity contribution in [1.82, 2.24) is 14.8 Å². The fraction of sp³-hybridized carbons (Fsp3) is 0.0588. The lowest BCUT2D eigenvalue weighted by atomic mass is 10.0. The lowest BCUT2D eigenvalue weighted by Gasteiger charge is -2.09. The van der Waals surface area contributed by atoms with E-state index in [4.69, 9.17) is 5.11 Å². The summed E-state index contributed by atoms with van der Waals surface area (Å²) in [7, 11) is 0. The van der Waals surface area contributed by atoms with E-state index in [1.54, 1.807) is 6.07 Å². The van der Waals surface area contributed by atoms with Crippen LogP contribution in [0, 0.1) is 11.3 Å². The minimum atomic E-state index is -2.95. The number of pyridine rings is 1. The molecule has 3 rings (SSSR count). The van der Waals surface area contributed by atoms with Crippen molar-refractivity contribution in [3.63, 3.8) is 0 Å². The van der Waals surface area contributed by atoms with Crippen molar-refractivity contribution < 1.29 is 23.4 Å². The van der Waals surface area contributed by atoms with Crippen molar-refractivity contribution in [3.05, 3.63) is 60.0 Å². The Labute approximate surface area is 145 Å². The summed E-state index contributed by atoms with van der Waals surface area (Å²) in [5.41, 5.74) is 1.09. The van der Waals surface area contributed by atoms with Gasteiger partial charge in [-0.2, -0.15) is 19.1 Å². The summed E-state index contributed by atoms with van der Waals surface area (Å²) in [6.07, 6.45) is 3.81. The van der Waals surface area contributed by atoms with Crippen LogP contribution in [0.3, 0.4) is 0 Å². The van der Waals surface area contributed by atoms with E-state index in [0.717, 1.165) is 6.20 Å². The molecule has 1 N–H and O–H groups in total. The highest BCUT2D eigenvalue weighted by Crippen LogP contribution is 2.28. The van der Waals surface area contributed by atoms with Crippen molar-refractivity contribution in [1.29, 1.82) is 5.26 Å². The predicted molar refractivity (Wildman–Crippen MR) is 85.1 cm³/mol. The lowest BCUT2D eigenvalue weighted by molar-refractivity contribution is -0.0498. The smallest absolute Gasteiger partial charge is 0.387 e. The van der Waals surface area contributed by atoms with Crippen molar-refractivity contribution in [3.8, 4) is 28.8 Å². The van der Waals surface area contributed by atoms with Crippen LogP contribution >= 0.6 is 0 Å². The number of aromatic carboxylic acids is 1. The summed E-state index contributed by atoms with van der Waals surface area (Å²) in [6, 6.07) is 9.34. The van der Waals surface area contributed by atoms with Crippen molar-refractivity contribution >= 4 is 5.97 Å². The van der Waals surface area contributed by atoms with Gasteiger partial charge in [0.05, 0.1) is 23.4 Å². The average molecular weight is 356 g/mol. The Morgan fingerprint density at radius 2 is 2.12 bits per heavy atom. The lowest BCUT2D eigenvalue weighted by Crippen LogP contribution is -2.02. The zero-order valence-electron chi connectivity index (χ0n) is 13.0. The number of alkyl halides is 2. The maximum Gasteiger partial charge on any atom is 0.387 e. The van der Waals surface area contributed by atoms with Crippen LogP contribution in [0.2, 0.25) is 0 Å². The van der Waals surface area contributed by atoms with E-state index < -0.39 is 12.6 Å². The average Bonchev–Trinajstić information content (AvgIpc) is 3.11. The van der Waals surface area contributed by atoms with E-state index in [2.05, 4.69) is 14.8 Å². The van der Waals surface area contributed by atoms with Gasteiger partial charge in [-0.3, -0.25) is 0 Å². The highest BCUT2D eigenvalue weighted by Gasteiger charge is 2.13. The molecular formula is C17H10F2N4O3. The first-order valence-electron chi connectivity index (χ1n) is 7.21. The normalized spacial score (nSPS) is 10.5. The Hall–Kier alpha value is -3.80. The number of halogens is 2. The van der Waals surface area contributed by atoms with E-state index in [-0.39, 0.29) is 22.7 Å². The van der Waals surface area contributed by atoms with Crippen molar-refractivity contribution in [2.45, 2.75) is 6.61 Å². The molecule has 130 valence electrons. The van der Waals surface area contributed by atoms with Crippen molar-refractivity contribution in [2.24, 2.45) is 0 Å². The molecule has 0 saturated heterocycles. The monoisotopic (exact) mass is 356 g/mol. The number of benzene rings is 1. The van der Waals surface area contributed by atoms with Gasteiger partial charge in [0, 0.05) is 24.0 Å². The van der Waals surface area contributed by atoms with Crippen molar-refractivity contribution in [2.75, 3.05) is 0 Å². The fourth-order valence-electron chi connectivity index (χ4n) is 2.29. The molecule has 1 aromatic carbocycles. The molecule has 0 unspecified atom stereocenters. The van der Waals surface area contributed by atoms with Gasteiger partial charge in [-0.1, -0.05) is 12.1 Å². The van der Waals surface area contributed by atoms with E-state index in [1.165, 1.54) is 41.3 Å². The minimum absolute atomic E-state index is 0.0220. The second kappa shape index (κ2) is 6.98. The molecule has 0 aliphatic carbocycles. The third-order valence-electron chi connectivity index (χ3n) is 3.44. The second-order valence-electron chi connectivity index (χ2n) is 5.08. The number of nitrogens with zero attached hydrogens (tertiary/aromatic N) is 4. The number of carboxylic acids is 1. The van der Waals surface area contributed by atoms with Gasteiger partial charge < -0.3 is 9.84 Å². The Bertz CT molecular complexity index is 1010. The molecule has 9 heteroatoms. The number of nitriles is 1. The van der Waals surface area contributed by atoms with Crippen LogP contribution in [0.15, 0.2) is 48.9 Å². The fourth-order valence-corrected chi connectivity index (χ4v) is 2.29. The molecule has 2 heterocycles. The zero-order chi connectivity index (χ0) is 18.7. The number of aromatic nitrogens is 3. The first kappa shape index (κ1) is 17.0. The van der Waals surface area contributed by atoms with E-state index in [1.807, 2.05) is 6.07 Å². The summed E-state index contributed by atoms with van der Waals surface area (Å²) in [6.45, 7) is -2.95. The van der Waals surface area contributed by atoms with Gasteiger partial charge in [0.25, 0.3) is 0 Å². The highest BCUT2D eigenvalue weighted by atomic mass is 19.3. The van der Waals surface area contributed by atoms with Crippen LogP contribution in [-0.2, 0) is 0 Å². The topological polar surface area (TPSA) is 101 Å². The molecule has 2 aromatic heterocycles. The van der Waals surface area contributed by atoms with Crippen LogP contribution < -0.4 is 4.74 Å². The maximum atomic E-state index is 12.4. The third kappa shape index (κ3) is 3.49. The largest absolute Gasteiger partial charge is 0.478 e. The molecule has 0 radical (unpaired) electrons. The summed E-state index contributed by atoms with van der Waals surface area (Å²) in [4.78, 5) is 15.1. The summed E-state index contributed by atoms with van der Waals surface area (Å²) < 4.78 is 30.3. The predicted octanol–water partition coefficient (Wildman–Crippen LogP) is 3.11. The molecule has 0 aliphatic rings. The number of ether oxygens (including phenoxy) is 1. The van der Waals surface area contributed by atoms with Gasteiger partial charge in [-0.15, -0.1) is 0 Å². The molecule has 26 heavy (non-hydrogen) atoms. The van der Waals surface area contributed by atoms with Crippen LogP contribution in [-0.4, -0.2) is 32.5 Å². The second-order valence-corrected chi connectivity index (χ2v) is 5.08. The van der Waals surface area contributed by atoms with E-state index in [0.29, 0.717) is 11.1 Å². The van der Waals surface area contributed by atoms with E-state index in [9.17, 15) is 18.8 Å². The Kier molecular flexibility index (Phi) is 4.57. The molecule has 0 bridgehead atoms. The molecule has 0 fully saturated rings. The first-order chi connectivity index (χ1) is 12.5. The van der Waals surface area contributed by atoms with Gasteiger partial charge in [-0.05, 0) is 17.7 Å². The van der Waals surface area contributed by atoms with Crippen LogP contribution in [0.5, 0.6) is 5.75 Å². The molecular weight excluding hydrogens is 346 g/mol. The van der Waals surface area contributed by atoms with Gasteiger partial charge in [0.2, 0.25) is 0 Å². The number of rotatable bonds is 5. The number of carbonyl (C=O) groups is 1. The number of hydrogen-bond donors (Lipinski definition) is 1. The molecule has 0 amide bonds. The minimum Gasteiger partial charge on any atom is -0.478 e. The summed E-state index contributed by atoms with van der Waals surface area (Å²) >= 11 is 0. The molecule has 3 aromatic rings. The molecule has 0 saturated carbocycles. The van der Waals surface area contributed by atoms with Gasteiger partial charge in [0.1, 0.15) is 5.75 Å². The van der Waals surface area contributed by atoms with Crippen LogP contribution in [0.1, 0.15) is 15.9 Å². The quantitative estimate of drug-likeness (QED) is 0.754. The summed E-state index contributed by atoms with van der Waals surface area (Å²) in [5.74, 6) is -0.925. The molecule has 7 nitrogen and oxygen atoms in total. The Balaban J connectivity index is 1.99. The van der Waals surface area contributed by atoms with Gasteiger partial charge in [-0.25, -0.2) is 14.5 Å². The zero-order valence-corrected chi connectivity index (χ0v) is 13.0. The Morgan fingerprint density at radius 3 is 2.77 bits per heavy atom. The maximum absolute atomic E-state index is 12.4. The molecule has 0 spiro atoms. The number of hydrogen-bond acceptors (Lipinski definition) is 5. The first-order valence-corrected chi connectivity index (χ1v) is 7.21. The third-order valence-corrected chi connectivity index (χ3v) is 3.44. The SMILES string of the molecule is N#Cc1cc(-n2cc(C(=O)O)cn2)ncc1-c1cccc(OC(F)F)c1. The van der Waals surface area contributed by atoms with Gasteiger partial charge >= 0.3 is 12.6 Å². The van der Waals surface area contributed by atoms with Crippen LogP contribution in [0.25, 0.3) is 16.9 Å². The molecule has 0 aliphatic heterocycles. The standard InChI is InChI=1S/C17H10F2N4O3/c18-17(19)26-13-3-1-2-10(4-13)14-8-21-15(5-11(14)6-20)23-9-12(7-22-23)16(24)25/h1-5,7-9,17H,(H,24,25). The van der Waals surface area contributed by atoms with Crippen LogP contribution in [0.4, 0.5) is 8.78 Å². The number of carboxylic acid groups (broad SMARTS) is 1. The van der Waals surface area contributed by atoms with E-state index >= 15 is 0 Å².